The molecule has 0 aromatic heterocycles. The van der Waals surface area contributed by atoms with Crippen LogP contribution in [-0.2, 0) is 16.0 Å². The molecule has 1 fully saturated rings. The molecule has 2 amide bonds. The number of benzene rings is 2. The van der Waals surface area contributed by atoms with Gasteiger partial charge in [-0.15, -0.1) is 0 Å². The molecule has 1 aliphatic rings. The molecular formula is C24H30N2O3. The number of hydrogen-bond donors (Lipinski definition) is 1. The summed E-state index contributed by atoms with van der Waals surface area (Å²) in [4.78, 5) is 26.7. The quantitative estimate of drug-likeness (QED) is 0.805. The summed E-state index contributed by atoms with van der Waals surface area (Å²) in [6.07, 6.45) is 1.76. The highest BCUT2D eigenvalue weighted by atomic mass is 16.6. The van der Waals surface area contributed by atoms with E-state index in [1.54, 1.807) is 4.90 Å². The zero-order chi connectivity index (χ0) is 20.9. The van der Waals surface area contributed by atoms with Gasteiger partial charge in [0.2, 0.25) is 5.91 Å². The molecule has 1 heterocycles. The molecule has 0 atom stereocenters. The molecule has 2 aromatic rings. The average molecular weight is 395 g/mol. The number of carbonyl (C=O) groups excluding carboxylic acids is 2. The monoisotopic (exact) mass is 394 g/mol. The maximum atomic E-state index is 12.8. The molecule has 0 bridgehead atoms. The lowest BCUT2D eigenvalue weighted by molar-refractivity contribution is -0.121. The standard InChI is InChI=1S/C24H30N2O3/c1-24(2,3)29-23(28)26-15-13-19(14-16-26)22(27)25-21-12-8-7-11-20(21)17-18-9-5-4-6-10-18/h4-12,19H,13-17H2,1-3H3,(H,25,27). The van der Waals surface area contributed by atoms with Crippen molar-refractivity contribution in [3.05, 3.63) is 65.7 Å². The van der Waals surface area contributed by atoms with Crippen LogP contribution in [0, 0.1) is 5.92 Å². The number of anilines is 1. The zero-order valence-electron chi connectivity index (χ0n) is 17.5. The van der Waals surface area contributed by atoms with Crippen molar-refractivity contribution in [1.29, 1.82) is 0 Å². The minimum atomic E-state index is -0.506. The molecule has 0 saturated carbocycles. The second-order valence-electron chi connectivity index (χ2n) is 8.55. The van der Waals surface area contributed by atoms with E-state index in [0.717, 1.165) is 17.7 Å². The van der Waals surface area contributed by atoms with Crippen LogP contribution in [0.2, 0.25) is 0 Å². The Labute approximate surface area is 173 Å². The molecule has 29 heavy (non-hydrogen) atoms. The average Bonchev–Trinajstić information content (AvgIpc) is 2.69. The van der Waals surface area contributed by atoms with Gasteiger partial charge in [0.25, 0.3) is 0 Å². The van der Waals surface area contributed by atoms with E-state index >= 15 is 0 Å². The highest BCUT2D eigenvalue weighted by Crippen LogP contribution is 2.24. The Kier molecular flexibility index (Phi) is 6.57. The Morgan fingerprint density at radius 2 is 1.62 bits per heavy atom. The number of carbonyl (C=O) groups is 2. The predicted molar refractivity (Wildman–Crippen MR) is 115 cm³/mol. The van der Waals surface area contributed by atoms with E-state index in [-0.39, 0.29) is 17.9 Å². The second kappa shape index (κ2) is 9.12. The molecule has 0 aliphatic carbocycles. The molecular weight excluding hydrogens is 364 g/mol. The van der Waals surface area contributed by atoms with E-state index in [0.29, 0.717) is 25.9 Å². The number of likely N-dealkylation sites (tertiary alicyclic amines) is 1. The van der Waals surface area contributed by atoms with Crippen LogP contribution in [-0.4, -0.2) is 35.6 Å². The van der Waals surface area contributed by atoms with Crippen LogP contribution >= 0.6 is 0 Å². The summed E-state index contributed by atoms with van der Waals surface area (Å²) in [6, 6.07) is 18.2. The Morgan fingerprint density at radius 1 is 1.00 bits per heavy atom. The largest absolute Gasteiger partial charge is 0.444 e. The molecule has 5 heteroatoms. The van der Waals surface area contributed by atoms with E-state index < -0.39 is 5.60 Å². The zero-order valence-corrected chi connectivity index (χ0v) is 17.5. The van der Waals surface area contributed by atoms with Gasteiger partial charge >= 0.3 is 6.09 Å². The SMILES string of the molecule is CC(C)(C)OC(=O)N1CCC(C(=O)Nc2ccccc2Cc2ccccc2)CC1. The lowest BCUT2D eigenvalue weighted by Gasteiger charge is -2.33. The first kappa shape index (κ1) is 20.9. The van der Waals surface area contributed by atoms with E-state index in [1.165, 1.54) is 5.56 Å². The van der Waals surface area contributed by atoms with Crippen LogP contribution in [0.1, 0.15) is 44.7 Å². The van der Waals surface area contributed by atoms with Crippen molar-refractivity contribution in [2.45, 2.75) is 45.6 Å². The number of piperidine rings is 1. The van der Waals surface area contributed by atoms with Crippen LogP contribution in [0.3, 0.4) is 0 Å². The summed E-state index contributed by atoms with van der Waals surface area (Å²) in [6.45, 7) is 6.66. The normalized spacial score (nSPS) is 15.1. The first-order chi connectivity index (χ1) is 13.8. The highest BCUT2D eigenvalue weighted by molar-refractivity contribution is 5.93. The maximum absolute atomic E-state index is 12.8. The lowest BCUT2D eigenvalue weighted by atomic mass is 9.95. The van der Waals surface area contributed by atoms with Gasteiger partial charge in [-0.2, -0.15) is 0 Å². The number of nitrogens with one attached hydrogen (secondary N) is 1. The molecule has 5 nitrogen and oxygen atoms in total. The first-order valence-corrected chi connectivity index (χ1v) is 10.2. The van der Waals surface area contributed by atoms with Gasteiger partial charge in [0.15, 0.2) is 0 Å². The minimum Gasteiger partial charge on any atom is -0.444 e. The predicted octanol–water partition coefficient (Wildman–Crippen LogP) is 4.86. The lowest BCUT2D eigenvalue weighted by Crippen LogP contribution is -2.43. The van der Waals surface area contributed by atoms with E-state index in [4.69, 9.17) is 4.74 Å². The number of nitrogens with zero attached hydrogens (tertiary/aromatic N) is 1. The van der Waals surface area contributed by atoms with Crippen LogP contribution < -0.4 is 5.32 Å². The molecule has 0 unspecified atom stereocenters. The van der Waals surface area contributed by atoms with Crippen molar-refractivity contribution >= 4 is 17.7 Å². The first-order valence-electron chi connectivity index (χ1n) is 10.2. The topological polar surface area (TPSA) is 58.6 Å². The fraction of sp³-hybridized carbons (Fsp3) is 0.417. The third-order valence-electron chi connectivity index (χ3n) is 5.03. The van der Waals surface area contributed by atoms with Crippen molar-refractivity contribution < 1.29 is 14.3 Å². The minimum absolute atomic E-state index is 0.0225. The number of para-hydroxylation sites is 1. The van der Waals surface area contributed by atoms with Crippen molar-refractivity contribution in [3.8, 4) is 0 Å². The number of amides is 2. The third-order valence-corrected chi connectivity index (χ3v) is 5.03. The molecule has 1 saturated heterocycles. The van der Waals surface area contributed by atoms with Crippen LogP contribution in [0.4, 0.5) is 10.5 Å². The summed E-state index contributed by atoms with van der Waals surface area (Å²) in [5.74, 6) is -0.0761. The summed E-state index contributed by atoms with van der Waals surface area (Å²) < 4.78 is 5.43. The molecule has 2 aromatic carbocycles. The number of ether oxygens (including phenoxy) is 1. The second-order valence-corrected chi connectivity index (χ2v) is 8.55. The fourth-order valence-corrected chi connectivity index (χ4v) is 3.50. The van der Waals surface area contributed by atoms with Gasteiger partial charge in [0.05, 0.1) is 0 Å². The van der Waals surface area contributed by atoms with Gasteiger partial charge in [-0.25, -0.2) is 4.79 Å². The van der Waals surface area contributed by atoms with Crippen LogP contribution in [0.5, 0.6) is 0 Å². The summed E-state index contributed by atoms with van der Waals surface area (Å²) in [5, 5.41) is 3.11. The molecule has 154 valence electrons. The highest BCUT2D eigenvalue weighted by Gasteiger charge is 2.30. The molecule has 1 aliphatic heterocycles. The van der Waals surface area contributed by atoms with Gasteiger partial charge in [-0.1, -0.05) is 48.5 Å². The summed E-state index contributed by atoms with van der Waals surface area (Å²) in [5.41, 5.74) is 2.65. The number of hydrogen-bond acceptors (Lipinski definition) is 3. The van der Waals surface area contributed by atoms with E-state index in [2.05, 4.69) is 17.4 Å². The Morgan fingerprint density at radius 3 is 2.28 bits per heavy atom. The molecule has 3 rings (SSSR count). The Hall–Kier alpha value is -2.82. The smallest absolute Gasteiger partial charge is 0.410 e. The maximum Gasteiger partial charge on any atom is 0.410 e. The van der Waals surface area contributed by atoms with Crippen molar-refractivity contribution in [2.24, 2.45) is 5.92 Å². The fourth-order valence-electron chi connectivity index (χ4n) is 3.50. The number of rotatable bonds is 4. The Balaban J connectivity index is 1.57. The van der Waals surface area contributed by atoms with Gasteiger partial charge in [-0.05, 0) is 57.2 Å². The van der Waals surface area contributed by atoms with Crippen LogP contribution in [0.25, 0.3) is 0 Å². The van der Waals surface area contributed by atoms with Crippen LogP contribution in [0.15, 0.2) is 54.6 Å². The molecule has 0 radical (unpaired) electrons. The summed E-state index contributed by atoms with van der Waals surface area (Å²) in [7, 11) is 0. The van der Waals surface area contributed by atoms with Crippen molar-refractivity contribution in [3.63, 3.8) is 0 Å². The Bertz CT molecular complexity index is 835. The summed E-state index contributed by atoms with van der Waals surface area (Å²) >= 11 is 0. The van der Waals surface area contributed by atoms with Gasteiger partial charge in [0, 0.05) is 24.7 Å². The third kappa shape index (κ3) is 6.08. The van der Waals surface area contributed by atoms with Gasteiger partial charge < -0.3 is 15.0 Å². The molecule has 1 N–H and O–H groups in total. The van der Waals surface area contributed by atoms with Crippen molar-refractivity contribution in [2.75, 3.05) is 18.4 Å². The van der Waals surface area contributed by atoms with E-state index in [9.17, 15) is 9.59 Å². The van der Waals surface area contributed by atoms with E-state index in [1.807, 2.05) is 63.2 Å². The van der Waals surface area contributed by atoms with Crippen molar-refractivity contribution in [1.82, 2.24) is 4.90 Å². The van der Waals surface area contributed by atoms with Gasteiger partial charge in [0.1, 0.15) is 5.60 Å². The van der Waals surface area contributed by atoms with Gasteiger partial charge in [-0.3, -0.25) is 4.79 Å². The molecule has 0 spiro atoms.